The summed E-state index contributed by atoms with van der Waals surface area (Å²) in [6.45, 7) is 0. The summed E-state index contributed by atoms with van der Waals surface area (Å²) in [4.78, 5) is 15.4. The zero-order valence-corrected chi connectivity index (χ0v) is 11.3. The third kappa shape index (κ3) is 3.32. The largest absolute Gasteiger partial charge is 0.297 e. The summed E-state index contributed by atoms with van der Waals surface area (Å²) >= 11 is 0.756. The molecule has 0 atom stereocenters. The topological polar surface area (TPSA) is 89.0 Å². The standard InChI is InChI=1S/C10H8FN3O3S2/c1-19(16,17)10-13-9(18-14-10)12-8(15)6-2-4-7(11)5-3-6/h2-5H,1H3,(H,12,13,14,15). The molecule has 2 aromatic rings. The maximum Gasteiger partial charge on any atom is 0.260 e. The normalized spacial score (nSPS) is 11.3. The first-order valence-corrected chi connectivity index (χ1v) is 7.63. The number of amides is 1. The van der Waals surface area contributed by atoms with Crippen LogP contribution in [0, 0.1) is 5.82 Å². The van der Waals surface area contributed by atoms with Crippen LogP contribution in [0.3, 0.4) is 0 Å². The first kappa shape index (κ1) is 13.6. The zero-order chi connectivity index (χ0) is 14.0. The van der Waals surface area contributed by atoms with Gasteiger partial charge in [0.15, 0.2) is 0 Å². The van der Waals surface area contributed by atoms with Crippen molar-refractivity contribution in [3.63, 3.8) is 0 Å². The second-order valence-corrected chi connectivity index (χ2v) is 6.28. The number of rotatable bonds is 3. The van der Waals surface area contributed by atoms with Crippen LogP contribution in [0.4, 0.5) is 9.52 Å². The van der Waals surface area contributed by atoms with Gasteiger partial charge in [-0.15, -0.1) is 0 Å². The second kappa shape index (κ2) is 5.02. The van der Waals surface area contributed by atoms with Gasteiger partial charge in [-0.2, -0.15) is 9.36 Å². The Bertz CT molecular complexity index is 710. The van der Waals surface area contributed by atoms with Gasteiger partial charge in [-0.1, -0.05) is 0 Å². The van der Waals surface area contributed by atoms with Crippen molar-refractivity contribution >= 4 is 32.4 Å². The van der Waals surface area contributed by atoms with Crippen molar-refractivity contribution in [3.8, 4) is 0 Å². The fourth-order valence-electron chi connectivity index (χ4n) is 1.18. The fourth-order valence-corrected chi connectivity index (χ4v) is 2.62. The van der Waals surface area contributed by atoms with E-state index in [1.165, 1.54) is 12.1 Å². The summed E-state index contributed by atoms with van der Waals surface area (Å²) in [7, 11) is -3.50. The molecule has 0 aliphatic rings. The lowest BCUT2D eigenvalue weighted by atomic mass is 10.2. The average molecular weight is 301 g/mol. The molecule has 9 heteroatoms. The van der Waals surface area contributed by atoms with Gasteiger partial charge in [-0.05, 0) is 24.3 Å². The highest BCUT2D eigenvalue weighted by atomic mass is 32.2. The van der Waals surface area contributed by atoms with Gasteiger partial charge >= 0.3 is 0 Å². The van der Waals surface area contributed by atoms with Crippen LogP contribution in [0.2, 0.25) is 0 Å². The van der Waals surface area contributed by atoms with Crippen molar-refractivity contribution < 1.29 is 17.6 Å². The number of aromatic nitrogens is 2. The van der Waals surface area contributed by atoms with Crippen LogP contribution in [0.15, 0.2) is 29.4 Å². The lowest BCUT2D eigenvalue weighted by molar-refractivity contribution is 0.102. The third-order valence-electron chi connectivity index (χ3n) is 2.07. The summed E-state index contributed by atoms with van der Waals surface area (Å²) in [5.74, 6) is -0.969. The van der Waals surface area contributed by atoms with E-state index in [1.807, 2.05) is 0 Å². The Balaban J connectivity index is 2.15. The van der Waals surface area contributed by atoms with Gasteiger partial charge in [0.1, 0.15) is 5.82 Å². The predicted octanol–water partition coefficient (Wildman–Crippen LogP) is 1.33. The Hall–Kier alpha value is -1.87. The molecule has 1 N–H and O–H groups in total. The molecule has 0 saturated heterocycles. The highest BCUT2D eigenvalue weighted by molar-refractivity contribution is 7.90. The average Bonchev–Trinajstić information content (AvgIpc) is 2.78. The van der Waals surface area contributed by atoms with Gasteiger partial charge in [0.05, 0.1) is 0 Å². The Labute approximate surface area is 112 Å². The molecule has 100 valence electrons. The van der Waals surface area contributed by atoms with E-state index in [9.17, 15) is 17.6 Å². The molecule has 0 fully saturated rings. The van der Waals surface area contributed by atoms with Gasteiger partial charge in [0.25, 0.3) is 11.1 Å². The fraction of sp³-hybridized carbons (Fsp3) is 0.100. The minimum absolute atomic E-state index is 0.0646. The van der Waals surface area contributed by atoms with Crippen molar-refractivity contribution in [2.24, 2.45) is 0 Å². The highest BCUT2D eigenvalue weighted by Gasteiger charge is 2.16. The summed E-state index contributed by atoms with van der Waals surface area (Å²) in [5.41, 5.74) is 0.234. The SMILES string of the molecule is CS(=O)(=O)c1nsc(NC(=O)c2ccc(F)cc2)n1. The molecule has 0 spiro atoms. The molecule has 0 aliphatic heterocycles. The molecule has 0 radical (unpaired) electrons. The number of carbonyl (C=O) groups is 1. The number of sulfone groups is 1. The minimum Gasteiger partial charge on any atom is -0.297 e. The van der Waals surface area contributed by atoms with E-state index in [-0.39, 0.29) is 15.9 Å². The van der Waals surface area contributed by atoms with Gasteiger partial charge in [-0.3, -0.25) is 10.1 Å². The number of nitrogens with one attached hydrogen (secondary N) is 1. The van der Waals surface area contributed by atoms with Gasteiger partial charge in [0.2, 0.25) is 15.0 Å². The molecule has 6 nitrogen and oxygen atoms in total. The van der Waals surface area contributed by atoms with Gasteiger partial charge in [0, 0.05) is 23.4 Å². The second-order valence-electron chi connectivity index (χ2n) is 3.62. The Morgan fingerprint density at radius 1 is 1.32 bits per heavy atom. The van der Waals surface area contributed by atoms with E-state index in [2.05, 4.69) is 14.7 Å². The van der Waals surface area contributed by atoms with Crippen molar-refractivity contribution in [1.82, 2.24) is 9.36 Å². The van der Waals surface area contributed by atoms with Crippen molar-refractivity contribution in [2.75, 3.05) is 11.6 Å². The first-order chi connectivity index (χ1) is 8.86. The smallest absolute Gasteiger partial charge is 0.260 e. The number of hydrogen-bond donors (Lipinski definition) is 1. The third-order valence-corrected chi connectivity index (χ3v) is 3.66. The Morgan fingerprint density at radius 3 is 2.47 bits per heavy atom. The number of carbonyl (C=O) groups excluding carboxylic acids is 1. The predicted molar refractivity (Wildman–Crippen MR) is 67.4 cm³/mol. The number of halogens is 1. The lowest BCUT2D eigenvalue weighted by Crippen LogP contribution is -2.11. The zero-order valence-electron chi connectivity index (χ0n) is 9.62. The van der Waals surface area contributed by atoms with Crippen LogP contribution >= 0.6 is 11.5 Å². The van der Waals surface area contributed by atoms with Crippen LogP contribution < -0.4 is 5.32 Å². The summed E-state index contributed by atoms with van der Waals surface area (Å²) in [6.07, 6.45) is 0.973. The molecule has 0 unspecified atom stereocenters. The summed E-state index contributed by atoms with van der Waals surface area (Å²) in [5, 5.41) is 2.11. The maximum absolute atomic E-state index is 12.7. The maximum atomic E-state index is 12.7. The van der Waals surface area contributed by atoms with E-state index in [0.29, 0.717) is 0 Å². The van der Waals surface area contributed by atoms with E-state index < -0.39 is 21.6 Å². The van der Waals surface area contributed by atoms with Crippen LogP contribution in [0.1, 0.15) is 10.4 Å². The van der Waals surface area contributed by atoms with E-state index in [0.717, 1.165) is 29.9 Å². The molecule has 19 heavy (non-hydrogen) atoms. The quantitative estimate of drug-likeness (QED) is 0.924. The van der Waals surface area contributed by atoms with Crippen LogP contribution in [-0.4, -0.2) is 29.9 Å². The van der Waals surface area contributed by atoms with Gasteiger partial charge < -0.3 is 0 Å². The molecule has 1 aromatic carbocycles. The van der Waals surface area contributed by atoms with Gasteiger partial charge in [-0.25, -0.2) is 12.8 Å². The molecule has 1 aromatic heterocycles. The van der Waals surface area contributed by atoms with Crippen LogP contribution in [0.5, 0.6) is 0 Å². The summed E-state index contributed by atoms with van der Waals surface area (Å²) < 4.78 is 38.6. The van der Waals surface area contributed by atoms with E-state index in [1.54, 1.807) is 0 Å². The molecular formula is C10H8FN3O3S2. The first-order valence-electron chi connectivity index (χ1n) is 4.97. The number of anilines is 1. The highest BCUT2D eigenvalue weighted by Crippen LogP contribution is 2.15. The Morgan fingerprint density at radius 2 is 1.95 bits per heavy atom. The monoisotopic (exact) mass is 301 g/mol. The molecular weight excluding hydrogens is 293 g/mol. The molecule has 2 rings (SSSR count). The number of benzene rings is 1. The molecule has 0 aliphatic carbocycles. The molecule has 0 saturated carbocycles. The van der Waals surface area contributed by atoms with Crippen LogP contribution in [0.25, 0.3) is 0 Å². The van der Waals surface area contributed by atoms with Crippen LogP contribution in [-0.2, 0) is 9.84 Å². The number of hydrogen-bond acceptors (Lipinski definition) is 6. The van der Waals surface area contributed by atoms with Crippen molar-refractivity contribution in [2.45, 2.75) is 5.16 Å². The molecule has 1 heterocycles. The summed E-state index contributed by atoms with van der Waals surface area (Å²) in [6, 6.07) is 4.92. The molecule has 1 amide bonds. The van der Waals surface area contributed by atoms with Crippen molar-refractivity contribution in [3.05, 3.63) is 35.6 Å². The lowest BCUT2D eigenvalue weighted by Gasteiger charge is -2.00. The van der Waals surface area contributed by atoms with Crippen molar-refractivity contribution in [1.29, 1.82) is 0 Å². The minimum atomic E-state index is -3.50. The van der Waals surface area contributed by atoms with E-state index in [4.69, 9.17) is 0 Å². The Kier molecular flexibility index (Phi) is 3.58. The van der Waals surface area contributed by atoms with E-state index >= 15 is 0 Å². The molecule has 0 bridgehead atoms. The number of nitrogens with zero attached hydrogens (tertiary/aromatic N) is 2.